The first kappa shape index (κ1) is 35.0. The Hall–Kier alpha value is -8.78. The van der Waals surface area contributed by atoms with E-state index in [1.54, 1.807) is 0 Å². The third-order valence-corrected chi connectivity index (χ3v) is 12.8. The van der Waals surface area contributed by atoms with Gasteiger partial charge < -0.3 is 23.0 Å². The first-order chi connectivity index (χ1) is 31.2. The highest BCUT2D eigenvalue weighted by atomic mass is 16.3. The van der Waals surface area contributed by atoms with Crippen LogP contribution in [0.25, 0.3) is 82.0 Å². The van der Waals surface area contributed by atoms with E-state index in [1.807, 2.05) is 66.7 Å². The predicted molar refractivity (Wildman–Crippen MR) is 255 cm³/mol. The Morgan fingerprint density at radius 3 is 1.51 bits per heavy atom. The molecule has 4 aromatic heterocycles. The number of fused-ring (bicyclic) bond motifs is 14. The molecule has 0 atom stereocenters. The molecule has 0 saturated heterocycles. The second-order valence-corrected chi connectivity index (χ2v) is 16.2. The van der Waals surface area contributed by atoms with Crippen molar-refractivity contribution in [2.45, 2.75) is 12.8 Å². The number of nitriles is 2. The van der Waals surface area contributed by atoms with Crippen molar-refractivity contribution in [3.8, 4) is 12.1 Å². The number of hydrogen-bond acceptors (Lipinski definition) is 6. The van der Waals surface area contributed by atoms with Crippen LogP contribution >= 0.6 is 0 Å². The van der Waals surface area contributed by atoms with Crippen LogP contribution in [-0.4, -0.2) is 4.40 Å². The highest BCUT2D eigenvalue weighted by Gasteiger charge is 2.31. The van der Waals surface area contributed by atoms with Crippen molar-refractivity contribution in [2.24, 2.45) is 0 Å². The maximum absolute atomic E-state index is 9.81. The van der Waals surface area contributed by atoms with Crippen molar-refractivity contribution >= 4 is 110 Å². The number of furan rings is 2. The molecule has 294 valence electrons. The quantitative estimate of drug-likeness (QED) is 0.166. The summed E-state index contributed by atoms with van der Waals surface area (Å²) in [5.41, 5.74) is 13.4. The molecule has 0 aliphatic heterocycles. The van der Waals surface area contributed by atoms with Gasteiger partial charge in [0.25, 0.3) is 0 Å². The van der Waals surface area contributed by atoms with Crippen LogP contribution < -0.4 is 9.80 Å². The van der Waals surface area contributed by atoms with Gasteiger partial charge >= 0.3 is 0 Å². The van der Waals surface area contributed by atoms with Crippen LogP contribution in [0.15, 0.2) is 190 Å². The van der Waals surface area contributed by atoms with Crippen molar-refractivity contribution in [2.75, 3.05) is 9.80 Å². The summed E-state index contributed by atoms with van der Waals surface area (Å²) in [6.45, 7) is 0. The van der Waals surface area contributed by atoms with E-state index in [1.165, 1.54) is 0 Å². The number of hydrogen-bond donors (Lipinski definition) is 0. The average molecular weight is 808 g/mol. The first-order valence-electron chi connectivity index (χ1n) is 21.1. The smallest absolute Gasteiger partial charge is 0.160 e. The molecule has 0 bridgehead atoms. The summed E-state index contributed by atoms with van der Waals surface area (Å²) in [5, 5.41) is 27.9. The Bertz CT molecular complexity index is 3990. The number of allylic oxidation sites excluding steroid dienone is 4. The van der Waals surface area contributed by atoms with Gasteiger partial charge in [0.05, 0.1) is 40.2 Å². The minimum absolute atomic E-state index is 0.598. The number of aromatic nitrogens is 1. The van der Waals surface area contributed by atoms with Gasteiger partial charge in [-0.3, -0.25) is 0 Å². The van der Waals surface area contributed by atoms with Crippen LogP contribution in [0.3, 0.4) is 0 Å². The molecule has 0 fully saturated rings. The Kier molecular flexibility index (Phi) is 7.43. The van der Waals surface area contributed by atoms with E-state index in [9.17, 15) is 10.5 Å². The van der Waals surface area contributed by atoms with Gasteiger partial charge in [0.2, 0.25) is 0 Å². The number of para-hydroxylation sites is 4. The minimum Gasteiger partial charge on any atom is -0.454 e. The van der Waals surface area contributed by atoms with Gasteiger partial charge in [0, 0.05) is 65.8 Å². The number of anilines is 5. The molecule has 7 heteroatoms. The molecular weight excluding hydrogens is 775 g/mol. The first-order valence-corrected chi connectivity index (χ1v) is 21.1. The minimum atomic E-state index is 0.598. The van der Waals surface area contributed by atoms with Crippen LogP contribution in [0.4, 0.5) is 28.4 Å². The summed E-state index contributed by atoms with van der Waals surface area (Å²) in [6, 6.07) is 58.5. The van der Waals surface area contributed by atoms with E-state index in [2.05, 4.69) is 136 Å². The molecule has 13 rings (SSSR count). The Balaban J connectivity index is 1.26. The molecule has 0 unspecified atom stereocenters. The average Bonchev–Trinajstić information content (AvgIpc) is 4.10. The molecule has 8 aromatic carbocycles. The summed E-state index contributed by atoms with van der Waals surface area (Å²) in [4.78, 5) is 4.68. The highest BCUT2D eigenvalue weighted by molar-refractivity contribution is 6.36. The molecule has 1 aliphatic rings. The van der Waals surface area contributed by atoms with Gasteiger partial charge in [-0.05, 0) is 104 Å². The largest absolute Gasteiger partial charge is 0.454 e. The molecule has 0 spiro atoms. The number of rotatable bonds is 6. The van der Waals surface area contributed by atoms with Gasteiger partial charge in [-0.15, -0.1) is 0 Å². The van der Waals surface area contributed by atoms with Crippen molar-refractivity contribution in [1.82, 2.24) is 4.40 Å². The molecule has 0 radical (unpaired) electrons. The standard InChI is InChI=1S/C56H33N5O2/c57-32-34-22-26-38(27-23-34)59(36-12-3-1-4-13-36)46-30-44-40-16-7-9-20-48(40)62-55(44)53-50(46)42-18-11-19-43-51-47(60(37-14-5-2-6-15-37)39-28-24-35(33-58)25-29-39)31-45-41-17-8-10-21-49(41)63-56(45)54(51)61(53)52(42)43/h1-5,7-14,16-31H,6,15H2. The van der Waals surface area contributed by atoms with Crippen molar-refractivity contribution in [3.63, 3.8) is 0 Å². The summed E-state index contributed by atoms with van der Waals surface area (Å²) in [5.74, 6) is 0. The van der Waals surface area contributed by atoms with E-state index in [4.69, 9.17) is 8.83 Å². The second-order valence-electron chi connectivity index (χ2n) is 16.2. The zero-order valence-electron chi connectivity index (χ0n) is 33.7. The van der Waals surface area contributed by atoms with Crippen LogP contribution in [0.5, 0.6) is 0 Å². The molecular formula is C56H33N5O2. The number of benzene rings is 8. The van der Waals surface area contributed by atoms with Gasteiger partial charge in [-0.2, -0.15) is 10.5 Å². The monoisotopic (exact) mass is 807 g/mol. The normalized spacial score (nSPS) is 13.0. The summed E-state index contributed by atoms with van der Waals surface area (Å²) in [7, 11) is 0. The third-order valence-electron chi connectivity index (χ3n) is 12.8. The van der Waals surface area contributed by atoms with Crippen molar-refractivity contribution in [1.29, 1.82) is 10.5 Å². The molecule has 63 heavy (non-hydrogen) atoms. The molecule has 4 heterocycles. The van der Waals surface area contributed by atoms with E-state index in [0.29, 0.717) is 11.1 Å². The molecule has 12 aromatic rings. The van der Waals surface area contributed by atoms with Crippen LogP contribution in [0, 0.1) is 22.7 Å². The summed E-state index contributed by atoms with van der Waals surface area (Å²) < 4.78 is 16.5. The van der Waals surface area contributed by atoms with Crippen LogP contribution in [0.1, 0.15) is 24.0 Å². The van der Waals surface area contributed by atoms with Gasteiger partial charge in [0.1, 0.15) is 22.2 Å². The number of nitrogens with zero attached hydrogens (tertiary/aromatic N) is 5. The van der Waals surface area contributed by atoms with Crippen LogP contribution in [0.2, 0.25) is 0 Å². The fourth-order valence-corrected chi connectivity index (χ4v) is 10.1. The zero-order chi connectivity index (χ0) is 41.8. The fourth-order valence-electron chi connectivity index (χ4n) is 10.1. The molecule has 0 N–H and O–H groups in total. The van der Waals surface area contributed by atoms with Crippen molar-refractivity contribution in [3.05, 3.63) is 193 Å². The van der Waals surface area contributed by atoms with E-state index >= 15 is 0 Å². The molecule has 0 amide bonds. The third kappa shape index (κ3) is 4.99. The zero-order valence-corrected chi connectivity index (χ0v) is 33.7. The maximum atomic E-state index is 9.81. The fraction of sp³-hybridized carbons (Fsp3) is 0.0357. The Morgan fingerprint density at radius 2 is 0.968 bits per heavy atom. The SMILES string of the molecule is N#Cc1ccc(N(C2=CC=CCC2)c2cc3c4ccccc4oc3c3c2c2cccc4c5c(N(c6ccccc6)c6ccc(C#N)cc6)cc6c7ccccc7oc6c5n3c24)cc1. The van der Waals surface area contributed by atoms with E-state index in [0.717, 1.165) is 129 Å². The molecule has 1 aliphatic carbocycles. The van der Waals surface area contributed by atoms with Crippen LogP contribution in [-0.2, 0) is 0 Å². The summed E-state index contributed by atoms with van der Waals surface area (Å²) in [6.07, 6.45) is 8.33. The lowest BCUT2D eigenvalue weighted by atomic mass is 10.00. The lowest BCUT2D eigenvalue weighted by Crippen LogP contribution is -2.17. The highest BCUT2D eigenvalue weighted by Crippen LogP contribution is 2.54. The summed E-state index contributed by atoms with van der Waals surface area (Å²) >= 11 is 0. The van der Waals surface area contributed by atoms with Gasteiger partial charge in [0.15, 0.2) is 11.2 Å². The lowest BCUT2D eigenvalue weighted by Gasteiger charge is -2.30. The maximum Gasteiger partial charge on any atom is 0.160 e. The molecule has 7 nitrogen and oxygen atoms in total. The van der Waals surface area contributed by atoms with Gasteiger partial charge in [-0.25, -0.2) is 0 Å². The van der Waals surface area contributed by atoms with Crippen molar-refractivity contribution < 1.29 is 8.83 Å². The predicted octanol–water partition coefficient (Wildman–Crippen LogP) is 15.2. The van der Waals surface area contributed by atoms with Gasteiger partial charge in [-0.1, -0.05) is 84.9 Å². The lowest BCUT2D eigenvalue weighted by molar-refractivity contribution is 0.670. The van der Waals surface area contributed by atoms with E-state index in [-0.39, 0.29) is 0 Å². The second kappa shape index (κ2) is 13.4. The Labute approximate surface area is 360 Å². The Morgan fingerprint density at radius 1 is 0.476 bits per heavy atom. The topological polar surface area (TPSA) is 84.8 Å². The van der Waals surface area contributed by atoms with E-state index < -0.39 is 0 Å². The molecule has 0 saturated carbocycles.